The third kappa shape index (κ3) is 2.17. The third-order valence-corrected chi connectivity index (χ3v) is 3.11. The molecule has 1 rings (SSSR count). The van der Waals surface area contributed by atoms with Crippen LogP contribution < -0.4 is 5.32 Å². The van der Waals surface area contributed by atoms with E-state index in [0.717, 1.165) is 19.6 Å². The fourth-order valence-corrected chi connectivity index (χ4v) is 1.85. The summed E-state index contributed by atoms with van der Waals surface area (Å²) < 4.78 is 25.5. The predicted octanol–water partition coefficient (Wildman–Crippen LogP) is 1.33. The summed E-state index contributed by atoms with van der Waals surface area (Å²) in [5.41, 5.74) is -0.925. The van der Waals surface area contributed by atoms with Gasteiger partial charge in [0.2, 0.25) is 0 Å². The molecule has 0 radical (unpaired) electrons. The number of alkyl halides is 2. The summed E-state index contributed by atoms with van der Waals surface area (Å²) in [4.78, 5) is 2.21. The number of hydrogen-bond donors (Lipinski definition) is 1. The van der Waals surface area contributed by atoms with Gasteiger partial charge in [-0.1, -0.05) is 6.92 Å². The molecule has 0 bridgehead atoms. The van der Waals surface area contributed by atoms with Crippen LogP contribution in [0.3, 0.4) is 0 Å². The minimum absolute atomic E-state index is 0.551. The average Bonchev–Trinajstić information content (AvgIpc) is 2.17. The Morgan fingerprint density at radius 1 is 1.38 bits per heavy atom. The average molecular weight is 192 g/mol. The number of piperidine rings is 1. The fourth-order valence-electron chi connectivity index (χ4n) is 1.85. The molecule has 1 aliphatic rings. The predicted molar refractivity (Wildman–Crippen MR) is 49.1 cm³/mol. The second-order valence-corrected chi connectivity index (χ2v) is 3.64. The molecule has 0 aromatic rings. The minimum Gasteiger partial charge on any atom is -0.309 e. The zero-order chi connectivity index (χ0) is 9.90. The van der Waals surface area contributed by atoms with Crippen molar-refractivity contribution in [2.24, 2.45) is 0 Å². The van der Waals surface area contributed by atoms with Crippen molar-refractivity contribution in [3.63, 3.8) is 0 Å². The molecule has 0 aliphatic carbocycles. The highest BCUT2D eigenvalue weighted by Gasteiger charge is 2.40. The van der Waals surface area contributed by atoms with Gasteiger partial charge in [-0.15, -0.1) is 0 Å². The maximum atomic E-state index is 12.7. The van der Waals surface area contributed by atoms with Crippen molar-refractivity contribution < 1.29 is 8.78 Å². The highest BCUT2D eigenvalue weighted by Crippen LogP contribution is 2.28. The van der Waals surface area contributed by atoms with E-state index in [1.54, 1.807) is 7.05 Å². The first-order valence-corrected chi connectivity index (χ1v) is 4.84. The van der Waals surface area contributed by atoms with Crippen LogP contribution in [0.1, 0.15) is 19.8 Å². The van der Waals surface area contributed by atoms with Crippen molar-refractivity contribution in [1.29, 1.82) is 0 Å². The van der Waals surface area contributed by atoms with Crippen LogP contribution >= 0.6 is 0 Å². The van der Waals surface area contributed by atoms with Crippen LogP contribution in [-0.2, 0) is 0 Å². The Labute approximate surface area is 78.3 Å². The van der Waals surface area contributed by atoms with Crippen molar-refractivity contribution >= 4 is 0 Å². The molecule has 0 aromatic heterocycles. The minimum atomic E-state index is -2.25. The van der Waals surface area contributed by atoms with Gasteiger partial charge in [-0.25, -0.2) is 8.78 Å². The first-order chi connectivity index (χ1) is 6.14. The first-order valence-electron chi connectivity index (χ1n) is 4.84. The quantitative estimate of drug-likeness (QED) is 0.725. The summed E-state index contributed by atoms with van der Waals surface area (Å²) in [6, 6.07) is 0. The van der Waals surface area contributed by atoms with Crippen molar-refractivity contribution in [3.05, 3.63) is 0 Å². The van der Waals surface area contributed by atoms with Gasteiger partial charge >= 0.3 is 0 Å². The van der Waals surface area contributed by atoms with Crippen molar-refractivity contribution in [2.75, 3.05) is 26.7 Å². The third-order valence-electron chi connectivity index (χ3n) is 3.11. The zero-order valence-electron chi connectivity index (χ0n) is 8.32. The van der Waals surface area contributed by atoms with Gasteiger partial charge in [0.15, 0.2) is 0 Å². The molecule has 0 amide bonds. The Kier molecular flexibility index (Phi) is 3.62. The SMILES string of the molecule is CCN1CCC(NC)(C(F)F)CC1. The molecule has 0 aromatic carbocycles. The van der Waals surface area contributed by atoms with Gasteiger partial charge in [-0.3, -0.25) is 0 Å². The molecule has 1 saturated heterocycles. The number of rotatable bonds is 3. The molecule has 1 N–H and O–H groups in total. The first kappa shape index (κ1) is 10.9. The second-order valence-electron chi connectivity index (χ2n) is 3.64. The van der Waals surface area contributed by atoms with Crippen molar-refractivity contribution in [2.45, 2.75) is 31.7 Å². The number of hydrogen-bond acceptors (Lipinski definition) is 2. The van der Waals surface area contributed by atoms with Gasteiger partial charge in [0, 0.05) is 13.1 Å². The molecule has 0 atom stereocenters. The van der Waals surface area contributed by atoms with E-state index in [9.17, 15) is 8.78 Å². The Morgan fingerprint density at radius 2 is 1.92 bits per heavy atom. The van der Waals surface area contributed by atoms with E-state index in [4.69, 9.17) is 0 Å². The zero-order valence-corrected chi connectivity index (χ0v) is 8.32. The molecule has 0 saturated carbocycles. The lowest BCUT2D eigenvalue weighted by Gasteiger charge is -2.40. The summed E-state index contributed by atoms with van der Waals surface area (Å²) in [7, 11) is 1.63. The molecular formula is C9H18F2N2. The normalized spacial score (nSPS) is 23.8. The van der Waals surface area contributed by atoms with Crippen LogP contribution in [0, 0.1) is 0 Å². The van der Waals surface area contributed by atoms with Crippen molar-refractivity contribution in [1.82, 2.24) is 10.2 Å². The van der Waals surface area contributed by atoms with Crippen molar-refractivity contribution in [3.8, 4) is 0 Å². The number of nitrogens with one attached hydrogen (secondary N) is 1. The Balaban J connectivity index is 2.53. The van der Waals surface area contributed by atoms with E-state index < -0.39 is 12.0 Å². The van der Waals surface area contributed by atoms with E-state index in [1.807, 2.05) is 0 Å². The second kappa shape index (κ2) is 4.33. The molecule has 1 aliphatic heterocycles. The summed E-state index contributed by atoms with van der Waals surface area (Å²) in [5, 5.41) is 2.78. The van der Waals surface area contributed by atoms with Gasteiger partial charge in [-0.2, -0.15) is 0 Å². The highest BCUT2D eigenvalue weighted by molar-refractivity contribution is 4.94. The van der Waals surface area contributed by atoms with E-state index in [-0.39, 0.29) is 0 Å². The Hall–Kier alpha value is -0.220. The topological polar surface area (TPSA) is 15.3 Å². The molecule has 1 heterocycles. The molecule has 2 nitrogen and oxygen atoms in total. The van der Waals surface area contributed by atoms with Crippen LogP contribution in [0.2, 0.25) is 0 Å². The van der Waals surface area contributed by atoms with E-state index >= 15 is 0 Å². The lowest BCUT2D eigenvalue weighted by atomic mass is 9.88. The van der Waals surface area contributed by atoms with Crippen LogP contribution in [-0.4, -0.2) is 43.5 Å². The summed E-state index contributed by atoms with van der Waals surface area (Å²) in [6.45, 7) is 4.58. The summed E-state index contributed by atoms with van der Waals surface area (Å²) >= 11 is 0. The Bertz CT molecular complexity index is 154. The van der Waals surface area contributed by atoms with E-state index in [2.05, 4.69) is 17.1 Å². The lowest BCUT2D eigenvalue weighted by molar-refractivity contribution is -0.00581. The molecule has 13 heavy (non-hydrogen) atoms. The summed E-state index contributed by atoms with van der Waals surface area (Å²) in [5.74, 6) is 0. The van der Waals surface area contributed by atoms with Gasteiger partial charge in [-0.05, 0) is 26.4 Å². The molecule has 78 valence electrons. The van der Waals surface area contributed by atoms with Crippen LogP contribution in [0.4, 0.5) is 8.78 Å². The van der Waals surface area contributed by atoms with Crippen LogP contribution in [0.5, 0.6) is 0 Å². The lowest BCUT2D eigenvalue weighted by Crippen LogP contribution is -2.56. The smallest absolute Gasteiger partial charge is 0.256 e. The van der Waals surface area contributed by atoms with Gasteiger partial charge < -0.3 is 10.2 Å². The number of halogens is 2. The van der Waals surface area contributed by atoms with Gasteiger partial charge in [0.05, 0.1) is 5.54 Å². The van der Waals surface area contributed by atoms with Crippen LogP contribution in [0.25, 0.3) is 0 Å². The Morgan fingerprint density at radius 3 is 2.23 bits per heavy atom. The monoisotopic (exact) mass is 192 g/mol. The maximum absolute atomic E-state index is 12.7. The fraction of sp³-hybridized carbons (Fsp3) is 1.00. The van der Waals surface area contributed by atoms with Gasteiger partial charge in [0.1, 0.15) is 0 Å². The number of nitrogens with zero attached hydrogens (tertiary/aromatic N) is 1. The van der Waals surface area contributed by atoms with E-state index in [0.29, 0.717) is 12.8 Å². The molecule has 4 heteroatoms. The molecule has 0 unspecified atom stereocenters. The number of likely N-dealkylation sites (tertiary alicyclic amines) is 1. The summed E-state index contributed by atoms with van der Waals surface area (Å²) in [6.07, 6.45) is -1.15. The largest absolute Gasteiger partial charge is 0.309 e. The van der Waals surface area contributed by atoms with E-state index in [1.165, 1.54) is 0 Å². The standard InChI is InChI=1S/C9H18F2N2/c1-3-13-6-4-9(12-2,5-7-13)8(10)11/h8,12H,3-7H2,1-2H3. The molecule has 1 fully saturated rings. The van der Waals surface area contributed by atoms with Crippen LogP contribution in [0.15, 0.2) is 0 Å². The molecule has 0 spiro atoms. The molecular weight excluding hydrogens is 174 g/mol. The maximum Gasteiger partial charge on any atom is 0.256 e. The van der Waals surface area contributed by atoms with Gasteiger partial charge in [0.25, 0.3) is 6.43 Å². The highest BCUT2D eigenvalue weighted by atomic mass is 19.3.